The SMILES string of the molecule is CC(C)N(C)C1CCCN(O)C1.C[N-]C.C[N-]C1CCN(C(=O)N(C)C(C)C)CC1.[Y].[Y]. The molecule has 2 fully saturated rings. The molecule has 10 heteroatoms. The molecular weight excluding hydrogens is 558 g/mol. The Kier molecular flexibility index (Phi) is 25.5. The van der Waals surface area contributed by atoms with Gasteiger partial charge >= 0.3 is 6.03 Å². The standard InChI is InChI=1S/C11H22N3O.C9H20N2O.C2H6N.2Y/c1-9(2)13(4)11(15)14-7-5-10(12-3)6-8-14;1-8(2)10(3)9-5-4-6-11(12)7-9;1-3-2;;/h9-10H,5-8H2,1-4H3;8-9,12H,4-7H2,1-3H3;1-2H3;;/q-1;;-1;;. The average Bonchev–Trinajstić information content (AvgIpc) is 2.73. The normalized spacial score (nSPS) is 19.3. The summed E-state index contributed by atoms with van der Waals surface area (Å²) in [5.41, 5.74) is 0. The fourth-order valence-electron chi connectivity index (χ4n) is 3.45. The fraction of sp³-hybridized carbons (Fsp3) is 0.955. The molecule has 2 heterocycles. The summed E-state index contributed by atoms with van der Waals surface area (Å²) in [6.07, 6.45) is 4.34. The molecule has 0 saturated carbocycles. The maximum atomic E-state index is 12.0. The number of hydrogen-bond acceptors (Lipinski definition) is 4. The summed E-state index contributed by atoms with van der Waals surface area (Å²) in [5, 5.41) is 18.5. The largest absolute Gasteiger partial charge is 0.668 e. The van der Waals surface area contributed by atoms with Gasteiger partial charge in [0.25, 0.3) is 0 Å². The van der Waals surface area contributed by atoms with Crippen LogP contribution in [0, 0.1) is 0 Å². The number of amides is 2. The molecule has 32 heavy (non-hydrogen) atoms. The zero-order valence-corrected chi connectivity index (χ0v) is 27.8. The molecule has 0 aromatic carbocycles. The molecule has 0 bridgehead atoms. The van der Waals surface area contributed by atoms with Crippen LogP contribution in [0.25, 0.3) is 10.6 Å². The van der Waals surface area contributed by atoms with Crippen LogP contribution in [0.4, 0.5) is 4.79 Å². The summed E-state index contributed by atoms with van der Waals surface area (Å²) in [7, 11) is 9.36. The third-order valence-corrected chi connectivity index (χ3v) is 5.94. The second kappa shape index (κ2) is 21.6. The van der Waals surface area contributed by atoms with Gasteiger partial charge in [-0.15, -0.1) is 6.04 Å². The second-order valence-electron chi connectivity index (χ2n) is 8.88. The van der Waals surface area contributed by atoms with Crippen LogP contribution in [-0.2, 0) is 65.4 Å². The molecule has 8 nitrogen and oxygen atoms in total. The van der Waals surface area contributed by atoms with Crippen LogP contribution in [0.5, 0.6) is 0 Å². The van der Waals surface area contributed by atoms with E-state index < -0.39 is 0 Å². The molecular formula is C22H48N6O2Y2-2. The number of carbonyl (C=O) groups is 1. The molecule has 2 rings (SSSR count). The van der Waals surface area contributed by atoms with Gasteiger partial charge in [-0.2, -0.15) is 26.2 Å². The minimum absolute atomic E-state index is 0. The van der Waals surface area contributed by atoms with Gasteiger partial charge in [0.15, 0.2) is 0 Å². The van der Waals surface area contributed by atoms with E-state index in [0.29, 0.717) is 18.1 Å². The van der Waals surface area contributed by atoms with E-state index in [2.05, 4.69) is 36.4 Å². The van der Waals surface area contributed by atoms with Crippen molar-refractivity contribution in [2.75, 3.05) is 61.4 Å². The molecule has 1 atom stereocenters. The van der Waals surface area contributed by atoms with Crippen molar-refractivity contribution < 1.29 is 75.4 Å². The van der Waals surface area contributed by atoms with E-state index in [0.717, 1.165) is 45.4 Å². The van der Waals surface area contributed by atoms with Gasteiger partial charge in [0, 0.05) is 117 Å². The fourth-order valence-corrected chi connectivity index (χ4v) is 3.45. The molecule has 1 unspecified atom stereocenters. The number of carbonyl (C=O) groups excluding carboxylic acids is 1. The summed E-state index contributed by atoms with van der Waals surface area (Å²) >= 11 is 0. The zero-order valence-electron chi connectivity index (χ0n) is 22.2. The van der Waals surface area contributed by atoms with Crippen LogP contribution in [0.2, 0.25) is 0 Å². The Labute approximate surface area is 248 Å². The van der Waals surface area contributed by atoms with Crippen molar-refractivity contribution in [3.8, 4) is 0 Å². The maximum Gasteiger partial charge on any atom is 0.319 e. The second-order valence-corrected chi connectivity index (χ2v) is 8.88. The monoisotopic (exact) mass is 606 g/mol. The van der Waals surface area contributed by atoms with Gasteiger partial charge in [-0.25, -0.2) is 4.79 Å². The Hall–Kier alpha value is 1.28. The zero-order chi connectivity index (χ0) is 23.3. The Bertz CT molecular complexity index is 452. The number of urea groups is 1. The van der Waals surface area contributed by atoms with Crippen LogP contribution in [0.3, 0.4) is 0 Å². The summed E-state index contributed by atoms with van der Waals surface area (Å²) < 4.78 is 0. The number of nitrogens with zero attached hydrogens (tertiary/aromatic N) is 6. The van der Waals surface area contributed by atoms with Crippen molar-refractivity contribution in [1.82, 2.24) is 19.8 Å². The van der Waals surface area contributed by atoms with E-state index in [1.54, 1.807) is 19.0 Å². The van der Waals surface area contributed by atoms with Crippen LogP contribution < -0.4 is 0 Å². The number of piperidine rings is 2. The van der Waals surface area contributed by atoms with Gasteiger partial charge < -0.3 is 25.6 Å². The van der Waals surface area contributed by atoms with Gasteiger partial charge in [0.2, 0.25) is 0 Å². The Balaban J connectivity index is -0.000000450. The molecule has 2 saturated heterocycles. The van der Waals surface area contributed by atoms with Gasteiger partial charge in [-0.05, 0) is 47.6 Å². The summed E-state index contributed by atoms with van der Waals surface area (Å²) in [6.45, 7) is 11.8. The van der Waals surface area contributed by atoms with E-state index in [9.17, 15) is 10.0 Å². The third kappa shape index (κ3) is 15.3. The number of likely N-dealkylation sites (tertiary alicyclic amines) is 1. The number of hydroxylamine groups is 2. The number of hydrogen-bond donors (Lipinski definition) is 1. The van der Waals surface area contributed by atoms with Crippen LogP contribution in [0.1, 0.15) is 53.4 Å². The quantitative estimate of drug-likeness (QED) is 0.530. The van der Waals surface area contributed by atoms with Crippen molar-refractivity contribution in [2.45, 2.75) is 77.5 Å². The third-order valence-electron chi connectivity index (χ3n) is 5.94. The number of rotatable bonds is 4. The molecule has 186 valence electrons. The van der Waals surface area contributed by atoms with Crippen LogP contribution >= 0.6 is 0 Å². The van der Waals surface area contributed by atoms with Crippen LogP contribution in [-0.4, -0.2) is 117 Å². The molecule has 2 aliphatic heterocycles. The van der Waals surface area contributed by atoms with Gasteiger partial charge in [-0.1, -0.05) is 12.8 Å². The molecule has 1 N–H and O–H groups in total. The van der Waals surface area contributed by atoms with E-state index >= 15 is 0 Å². The van der Waals surface area contributed by atoms with Crippen molar-refractivity contribution >= 4 is 6.03 Å². The van der Waals surface area contributed by atoms with E-state index in [1.165, 1.54) is 11.5 Å². The predicted molar refractivity (Wildman–Crippen MR) is 127 cm³/mol. The number of likely N-dealkylation sites (N-methyl/N-ethyl adjacent to an activating group) is 1. The van der Waals surface area contributed by atoms with Gasteiger partial charge in [0.05, 0.1) is 0 Å². The average molecular weight is 606 g/mol. The first kappa shape index (κ1) is 37.8. The maximum absolute atomic E-state index is 12.0. The van der Waals surface area contributed by atoms with E-state index in [4.69, 9.17) is 0 Å². The first-order valence-corrected chi connectivity index (χ1v) is 11.3. The molecule has 2 amide bonds. The van der Waals surface area contributed by atoms with Crippen LogP contribution in [0.15, 0.2) is 0 Å². The molecule has 0 spiro atoms. The van der Waals surface area contributed by atoms with Crippen molar-refractivity contribution in [3.05, 3.63) is 10.6 Å². The topological polar surface area (TPSA) is 78.5 Å². The van der Waals surface area contributed by atoms with Crippen molar-refractivity contribution in [3.63, 3.8) is 0 Å². The Morgan fingerprint density at radius 3 is 1.81 bits per heavy atom. The summed E-state index contributed by atoms with van der Waals surface area (Å²) in [5.74, 6) is 0. The Morgan fingerprint density at radius 2 is 1.44 bits per heavy atom. The van der Waals surface area contributed by atoms with Gasteiger partial charge in [0.1, 0.15) is 0 Å². The predicted octanol–water partition coefficient (Wildman–Crippen LogP) is 3.71. The van der Waals surface area contributed by atoms with E-state index in [1.807, 2.05) is 32.8 Å². The molecule has 0 aromatic heterocycles. The molecule has 0 aliphatic carbocycles. The van der Waals surface area contributed by atoms with Crippen molar-refractivity contribution in [2.24, 2.45) is 0 Å². The molecule has 2 radical (unpaired) electrons. The first-order chi connectivity index (χ1) is 14.1. The summed E-state index contributed by atoms with van der Waals surface area (Å²) in [6, 6.07) is 1.98. The van der Waals surface area contributed by atoms with E-state index in [-0.39, 0.29) is 77.5 Å². The minimum Gasteiger partial charge on any atom is -0.668 e. The van der Waals surface area contributed by atoms with Crippen molar-refractivity contribution in [1.29, 1.82) is 0 Å². The smallest absolute Gasteiger partial charge is 0.319 e. The molecule has 0 aromatic rings. The minimum atomic E-state index is 0. The molecule has 2 aliphatic rings. The first-order valence-electron chi connectivity index (χ1n) is 11.3. The summed E-state index contributed by atoms with van der Waals surface area (Å²) in [4.78, 5) is 18.0. The Morgan fingerprint density at radius 1 is 0.938 bits per heavy atom. The van der Waals surface area contributed by atoms with Gasteiger partial charge in [-0.3, -0.25) is 4.90 Å².